The van der Waals surface area contributed by atoms with Gasteiger partial charge in [-0.1, -0.05) is 45.0 Å². The molecule has 0 unspecified atom stereocenters. The van der Waals surface area contributed by atoms with Crippen LogP contribution in [0.3, 0.4) is 0 Å². The fourth-order valence-electron chi connectivity index (χ4n) is 1.97. The molecule has 1 rings (SSSR count). The van der Waals surface area contributed by atoms with Gasteiger partial charge >= 0.3 is 0 Å². The number of benzene rings is 1. The van der Waals surface area contributed by atoms with Gasteiger partial charge in [0.2, 0.25) is 0 Å². The molecule has 0 radical (unpaired) electrons. The van der Waals surface area contributed by atoms with Gasteiger partial charge < -0.3 is 9.84 Å². The standard InChI is InChI=1S/C14H21NO3/c1-13(2,3)12(17)14(15,18-4)11-8-6-5-7-10(11)9-16/h5-9,12,17H,15H2,1-4H3/t12-,14-/m1/s1. The van der Waals surface area contributed by atoms with Crippen molar-refractivity contribution in [1.82, 2.24) is 0 Å². The molecule has 2 atom stereocenters. The summed E-state index contributed by atoms with van der Waals surface area (Å²) in [5.74, 6) is 0. The predicted molar refractivity (Wildman–Crippen MR) is 70.2 cm³/mol. The number of methoxy groups -OCH3 is 1. The maximum atomic E-state index is 11.1. The number of ether oxygens (including phenoxy) is 1. The highest BCUT2D eigenvalue weighted by atomic mass is 16.5. The van der Waals surface area contributed by atoms with E-state index in [1.165, 1.54) is 7.11 Å². The van der Waals surface area contributed by atoms with E-state index in [9.17, 15) is 9.90 Å². The summed E-state index contributed by atoms with van der Waals surface area (Å²) in [4.78, 5) is 11.1. The maximum Gasteiger partial charge on any atom is 0.169 e. The van der Waals surface area contributed by atoms with Crippen molar-refractivity contribution in [1.29, 1.82) is 0 Å². The predicted octanol–water partition coefficient (Wildman–Crippen LogP) is 1.66. The van der Waals surface area contributed by atoms with E-state index in [1.807, 2.05) is 20.8 Å². The lowest BCUT2D eigenvalue weighted by Crippen LogP contribution is -2.55. The van der Waals surface area contributed by atoms with E-state index in [0.717, 1.165) is 0 Å². The lowest BCUT2D eigenvalue weighted by molar-refractivity contribution is -0.144. The van der Waals surface area contributed by atoms with Gasteiger partial charge in [0.05, 0.1) is 0 Å². The second kappa shape index (κ2) is 5.18. The van der Waals surface area contributed by atoms with Crippen molar-refractivity contribution in [3.63, 3.8) is 0 Å². The van der Waals surface area contributed by atoms with Crippen molar-refractivity contribution >= 4 is 6.29 Å². The topological polar surface area (TPSA) is 72.5 Å². The van der Waals surface area contributed by atoms with Crippen LogP contribution in [0, 0.1) is 5.41 Å². The molecule has 0 saturated heterocycles. The second-order valence-corrected chi connectivity index (χ2v) is 5.47. The fraction of sp³-hybridized carbons (Fsp3) is 0.500. The fourth-order valence-corrected chi connectivity index (χ4v) is 1.97. The molecule has 0 aliphatic rings. The van der Waals surface area contributed by atoms with Crippen molar-refractivity contribution in [2.24, 2.45) is 11.1 Å². The molecule has 0 aliphatic heterocycles. The normalized spacial score (nSPS) is 17.0. The lowest BCUT2D eigenvalue weighted by atomic mass is 9.79. The minimum atomic E-state index is -1.41. The Morgan fingerprint density at radius 3 is 2.33 bits per heavy atom. The summed E-state index contributed by atoms with van der Waals surface area (Å²) in [6, 6.07) is 6.85. The molecule has 18 heavy (non-hydrogen) atoms. The molecule has 4 heteroatoms. The Hall–Kier alpha value is -1.23. The molecule has 1 aromatic rings. The van der Waals surface area contributed by atoms with Crippen LogP contribution in [0.1, 0.15) is 36.7 Å². The van der Waals surface area contributed by atoms with Crippen LogP contribution in [0.5, 0.6) is 0 Å². The Morgan fingerprint density at radius 2 is 1.89 bits per heavy atom. The number of carbonyl (C=O) groups is 1. The number of hydrogen-bond acceptors (Lipinski definition) is 4. The number of aldehydes is 1. The second-order valence-electron chi connectivity index (χ2n) is 5.47. The Kier molecular flexibility index (Phi) is 4.27. The van der Waals surface area contributed by atoms with Crippen molar-refractivity contribution in [2.75, 3.05) is 7.11 Å². The summed E-state index contributed by atoms with van der Waals surface area (Å²) in [6.07, 6.45) is -0.234. The Balaban J connectivity index is 3.35. The van der Waals surface area contributed by atoms with E-state index in [2.05, 4.69) is 0 Å². The zero-order chi connectivity index (χ0) is 14.0. The van der Waals surface area contributed by atoms with Gasteiger partial charge in [-0.25, -0.2) is 0 Å². The molecule has 0 aromatic heterocycles. The van der Waals surface area contributed by atoms with E-state index in [4.69, 9.17) is 10.5 Å². The third kappa shape index (κ3) is 2.61. The number of nitrogens with two attached hydrogens (primary N) is 1. The molecule has 0 saturated carbocycles. The molecular formula is C14H21NO3. The van der Waals surface area contributed by atoms with Gasteiger partial charge in [-0.05, 0) is 5.41 Å². The first-order valence-electron chi connectivity index (χ1n) is 5.84. The summed E-state index contributed by atoms with van der Waals surface area (Å²) in [5, 5.41) is 10.4. The monoisotopic (exact) mass is 251 g/mol. The van der Waals surface area contributed by atoms with Gasteiger partial charge in [-0.15, -0.1) is 0 Å². The maximum absolute atomic E-state index is 11.1. The minimum Gasteiger partial charge on any atom is -0.388 e. The van der Waals surface area contributed by atoms with Gasteiger partial charge in [-0.2, -0.15) is 0 Å². The molecular weight excluding hydrogens is 230 g/mol. The Labute approximate surface area is 108 Å². The average molecular weight is 251 g/mol. The highest BCUT2D eigenvalue weighted by molar-refractivity contribution is 5.77. The van der Waals surface area contributed by atoms with Crippen molar-refractivity contribution in [2.45, 2.75) is 32.6 Å². The molecule has 0 spiro atoms. The lowest BCUT2D eigenvalue weighted by Gasteiger charge is -2.40. The zero-order valence-corrected chi connectivity index (χ0v) is 11.3. The summed E-state index contributed by atoms with van der Waals surface area (Å²) >= 11 is 0. The minimum absolute atomic E-state index is 0.421. The van der Waals surface area contributed by atoms with Crippen molar-refractivity contribution in [3.05, 3.63) is 35.4 Å². The van der Waals surface area contributed by atoms with Gasteiger partial charge in [-0.3, -0.25) is 10.5 Å². The summed E-state index contributed by atoms with van der Waals surface area (Å²) in [5.41, 5.74) is 5.23. The van der Waals surface area contributed by atoms with Crippen LogP contribution >= 0.6 is 0 Å². The summed E-state index contributed by atoms with van der Waals surface area (Å²) in [7, 11) is 1.43. The number of aliphatic hydroxyl groups excluding tert-OH is 1. The van der Waals surface area contributed by atoms with Gasteiger partial charge in [0.15, 0.2) is 5.72 Å². The third-order valence-electron chi connectivity index (χ3n) is 3.07. The molecule has 100 valence electrons. The van der Waals surface area contributed by atoms with Crippen LogP contribution in [-0.4, -0.2) is 24.6 Å². The number of rotatable bonds is 4. The van der Waals surface area contributed by atoms with Crippen LogP contribution in [0.25, 0.3) is 0 Å². The van der Waals surface area contributed by atoms with E-state index in [1.54, 1.807) is 24.3 Å². The highest BCUT2D eigenvalue weighted by Gasteiger charge is 2.43. The smallest absolute Gasteiger partial charge is 0.169 e. The molecule has 0 aliphatic carbocycles. The molecule has 0 bridgehead atoms. The van der Waals surface area contributed by atoms with Crippen LogP contribution < -0.4 is 5.73 Å². The van der Waals surface area contributed by atoms with E-state index in [0.29, 0.717) is 17.4 Å². The molecule has 0 amide bonds. The first-order valence-corrected chi connectivity index (χ1v) is 5.84. The Morgan fingerprint density at radius 1 is 1.33 bits per heavy atom. The molecule has 4 nitrogen and oxygen atoms in total. The first kappa shape index (κ1) is 14.8. The van der Waals surface area contributed by atoms with Crippen molar-refractivity contribution in [3.8, 4) is 0 Å². The molecule has 0 fully saturated rings. The molecule has 1 aromatic carbocycles. The van der Waals surface area contributed by atoms with E-state index in [-0.39, 0.29) is 0 Å². The number of carbonyl (C=O) groups excluding carboxylic acids is 1. The van der Waals surface area contributed by atoms with E-state index >= 15 is 0 Å². The van der Waals surface area contributed by atoms with Crippen LogP contribution in [0.4, 0.5) is 0 Å². The molecule has 3 N–H and O–H groups in total. The van der Waals surface area contributed by atoms with Crippen LogP contribution in [-0.2, 0) is 10.5 Å². The zero-order valence-electron chi connectivity index (χ0n) is 11.3. The first-order chi connectivity index (χ1) is 8.27. The van der Waals surface area contributed by atoms with Gasteiger partial charge in [0, 0.05) is 18.2 Å². The average Bonchev–Trinajstić information content (AvgIpc) is 2.35. The van der Waals surface area contributed by atoms with Gasteiger partial charge in [0.25, 0.3) is 0 Å². The highest BCUT2D eigenvalue weighted by Crippen LogP contribution is 2.35. The SMILES string of the molecule is CO[C@](N)(c1ccccc1C=O)[C@H](O)C(C)(C)C. The summed E-state index contributed by atoms with van der Waals surface area (Å²) < 4.78 is 5.32. The summed E-state index contributed by atoms with van der Waals surface area (Å²) in [6.45, 7) is 5.59. The Bertz CT molecular complexity index is 425. The third-order valence-corrected chi connectivity index (χ3v) is 3.07. The number of aliphatic hydroxyl groups is 1. The molecule has 0 heterocycles. The van der Waals surface area contributed by atoms with E-state index < -0.39 is 17.2 Å². The van der Waals surface area contributed by atoms with Gasteiger partial charge in [0.1, 0.15) is 12.4 Å². The van der Waals surface area contributed by atoms with Crippen molar-refractivity contribution < 1.29 is 14.6 Å². The van der Waals surface area contributed by atoms with Crippen LogP contribution in [0.15, 0.2) is 24.3 Å². The quantitative estimate of drug-likeness (QED) is 0.630. The largest absolute Gasteiger partial charge is 0.388 e. The van der Waals surface area contributed by atoms with Crippen LogP contribution in [0.2, 0.25) is 0 Å². The number of hydrogen-bond donors (Lipinski definition) is 2.